The molecule has 1 aromatic carbocycles. The third kappa shape index (κ3) is 2.95. The van der Waals surface area contributed by atoms with Gasteiger partial charge in [0.2, 0.25) is 0 Å². The number of hydrogen-bond acceptors (Lipinski definition) is 4. The molecule has 0 radical (unpaired) electrons. The number of carbonyl (C=O) groups excluding carboxylic acids is 1. The molecule has 1 aromatic heterocycles. The number of benzene rings is 1. The van der Waals surface area contributed by atoms with Gasteiger partial charge < -0.3 is 19.4 Å². The Labute approximate surface area is 140 Å². The molecule has 2 aromatic rings. The summed E-state index contributed by atoms with van der Waals surface area (Å²) in [6.07, 6.45) is 3.21. The molecule has 1 amide bonds. The van der Waals surface area contributed by atoms with Gasteiger partial charge in [0.05, 0.1) is 25.6 Å². The Balaban J connectivity index is 1.63. The molecule has 1 aliphatic carbocycles. The molecule has 2 aliphatic rings. The van der Waals surface area contributed by atoms with Gasteiger partial charge in [-0.1, -0.05) is 30.3 Å². The number of ether oxygens (including phenoxy) is 2. The zero-order chi connectivity index (χ0) is 16.5. The lowest BCUT2D eigenvalue weighted by molar-refractivity contribution is -0.157. The molecule has 2 fully saturated rings. The Hall–Kier alpha value is -2.18. The zero-order valence-electron chi connectivity index (χ0n) is 13.6. The molecular weight excluding hydrogens is 306 g/mol. The zero-order valence-corrected chi connectivity index (χ0v) is 13.6. The van der Waals surface area contributed by atoms with Crippen molar-refractivity contribution >= 4 is 11.7 Å². The number of aromatic nitrogens is 2. The van der Waals surface area contributed by atoms with Crippen molar-refractivity contribution in [2.45, 2.75) is 38.0 Å². The molecule has 2 heterocycles. The lowest BCUT2D eigenvalue weighted by Gasteiger charge is -2.28. The Morgan fingerprint density at radius 2 is 1.96 bits per heavy atom. The summed E-state index contributed by atoms with van der Waals surface area (Å²) < 4.78 is 13.2. The van der Waals surface area contributed by atoms with Crippen molar-refractivity contribution in [2.24, 2.45) is 0 Å². The molecule has 6 nitrogen and oxygen atoms in total. The highest BCUT2D eigenvalue weighted by molar-refractivity contribution is 5.97. The summed E-state index contributed by atoms with van der Waals surface area (Å²) >= 11 is 0. The highest BCUT2D eigenvalue weighted by Crippen LogP contribution is 2.40. The van der Waals surface area contributed by atoms with Gasteiger partial charge in [0, 0.05) is 11.6 Å². The number of nitrogens with one attached hydrogen (secondary N) is 1. The van der Waals surface area contributed by atoms with Crippen LogP contribution in [0, 0.1) is 0 Å². The first-order valence-electron chi connectivity index (χ1n) is 8.40. The number of imidazole rings is 1. The minimum absolute atomic E-state index is 0.179. The van der Waals surface area contributed by atoms with Crippen LogP contribution in [0.3, 0.4) is 0 Å². The first kappa shape index (κ1) is 15.4. The molecule has 0 spiro atoms. The molecule has 24 heavy (non-hydrogen) atoms. The lowest BCUT2D eigenvalue weighted by Crippen LogP contribution is -2.45. The molecule has 0 bridgehead atoms. The standard InChI is InChI=1S/C18H21N3O3/c1-12-16(24-10-9-23-12)18(22)20-17-15(13-5-3-2-4-6-13)19-11-21(17)14-7-8-14/h2-6,11-12,14,16H,7-10H2,1H3,(H,20,22)/t12-,16-/m0/s1. The average molecular weight is 327 g/mol. The van der Waals surface area contributed by atoms with Crippen LogP contribution in [0.4, 0.5) is 5.82 Å². The third-order valence-electron chi connectivity index (χ3n) is 4.47. The smallest absolute Gasteiger partial charge is 0.257 e. The normalized spacial score (nSPS) is 23.9. The van der Waals surface area contributed by atoms with Crippen LogP contribution in [0.2, 0.25) is 0 Å². The largest absolute Gasteiger partial charge is 0.373 e. The predicted octanol–water partition coefficient (Wildman–Crippen LogP) is 2.63. The first-order valence-corrected chi connectivity index (χ1v) is 8.40. The Morgan fingerprint density at radius 1 is 1.21 bits per heavy atom. The quantitative estimate of drug-likeness (QED) is 0.937. The Morgan fingerprint density at radius 3 is 2.67 bits per heavy atom. The number of amides is 1. The fourth-order valence-electron chi connectivity index (χ4n) is 3.03. The van der Waals surface area contributed by atoms with E-state index in [2.05, 4.69) is 14.9 Å². The molecule has 4 rings (SSSR count). The molecule has 6 heteroatoms. The van der Waals surface area contributed by atoms with Crippen molar-refractivity contribution in [1.29, 1.82) is 0 Å². The van der Waals surface area contributed by atoms with Crippen molar-refractivity contribution in [3.05, 3.63) is 36.7 Å². The van der Waals surface area contributed by atoms with E-state index in [-0.39, 0.29) is 12.0 Å². The number of hydrogen-bond donors (Lipinski definition) is 1. The predicted molar refractivity (Wildman–Crippen MR) is 89.7 cm³/mol. The van der Waals surface area contributed by atoms with Crippen molar-refractivity contribution in [1.82, 2.24) is 9.55 Å². The number of anilines is 1. The maximum atomic E-state index is 12.7. The van der Waals surface area contributed by atoms with Gasteiger partial charge >= 0.3 is 0 Å². The third-order valence-corrected chi connectivity index (χ3v) is 4.47. The van der Waals surface area contributed by atoms with E-state index >= 15 is 0 Å². The van der Waals surface area contributed by atoms with Crippen molar-refractivity contribution in [3.63, 3.8) is 0 Å². The van der Waals surface area contributed by atoms with Crippen molar-refractivity contribution in [2.75, 3.05) is 18.5 Å². The molecule has 2 atom stereocenters. The summed E-state index contributed by atoms with van der Waals surface area (Å²) in [4.78, 5) is 17.2. The molecular formula is C18H21N3O3. The fraction of sp³-hybridized carbons (Fsp3) is 0.444. The first-order chi connectivity index (χ1) is 11.7. The molecule has 126 valence electrons. The SMILES string of the molecule is C[C@@H]1OCCO[C@@H]1C(=O)Nc1c(-c2ccccc2)ncn1C1CC1. The second-order valence-corrected chi connectivity index (χ2v) is 6.30. The minimum atomic E-state index is -0.593. The Kier molecular flexibility index (Phi) is 4.08. The summed E-state index contributed by atoms with van der Waals surface area (Å²) in [5.74, 6) is 0.567. The number of carbonyl (C=O) groups is 1. The molecule has 0 unspecified atom stereocenters. The van der Waals surface area contributed by atoms with Crippen molar-refractivity contribution < 1.29 is 14.3 Å². The van der Waals surface area contributed by atoms with Gasteiger partial charge in [-0.05, 0) is 19.8 Å². The Bertz CT molecular complexity index is 724. The van der Waals surface area contributed by atoms with E-state index in [1.54, 1.807) is 0 Å². The summed E-state index contributed by atoms with van der Waals surface area (Å²) in [5, 5.41) is 3.04. The summed E-state index contributed by atoms with van der Waals surface area (Å²) in [7, 11) is 0. The highest BCUT2D eigenvalue weighted by atomic mass is 16.6. The van der Waals surface area contributed by atoms with Crippen LogP contribution in [0.15, 0.2) is 36.7 Å². The maximum absolute atomic E-state index is 12.7. The minimum Gasteiger partial charge on any atom is -0.373 e. The topological polar surface area (TPSA) is 65.4 Å². The molecule has 1 saturated carbocycles. The van der Waals surface area contributed by atoms with Gasteiger partial charge in [0.1, 0.15) is 11.5 Å². The van der Waals surface area contributed by atoms with Crippen LogP contribution in [-0.4, -0.2) is 40.9 Å². The average Bonchev–Trinajstić information content (AvgIpc) is 3.37. The van der Waals surface area contributed by atoms with E-state index in [1.165, 1.54) is 0 Å². The van der Waals surface area contributed by atoms with Crippen LogP contribution < -0.4 is 5.32 Å². The van der Waals surface area contributed by atoms with Gasteiger partial charge in [0.15, 0.2) is 6.10 Å². The summed E-state index contributed by atoms with van der Waals surface area (Å²) in [5.41, 5.74) is 1.78. The summed E-state index contributed by atoms with van der Waals surface area (Å²) in [6.45, 7) is 2.83. The number of nitrogens with zero attached hydrogens (tertiary/aromatic N) is 2. The highest BCUT2D eigenvalue weighted by Gasteiger charge is 2.33. The van der Waals surface area contributed by atoms with E-state index < -0.39 is 6.10 Å². The van der Waals surface area contributed by atoms with Gasteiger partial charge in [-0.2, -0.15) is 0 Å². The van der Waals surface area contributed by atoms with Gasteiger partial charge in [-0.25, -0.2) is 4.98 Å². The van der Waals surface area contributed by atoms with Crippen LogP contribution in [-0.2, 0) is 14.3 Å². The van der Waals surface area contributed by atoms with Crippen LogP contribution in [0.5, 0.6) is 0 Å². The molecule has 1 aliphatic heterocycles. The van der Waals surface area contributed by atoms with E-state index in [1.807, 2.05) is 43.6 Å². The van der Waals surface area contributed by atoms with Crippen LogP contribution in [0.1, 0.15) is 25.8 Å². The second kappa shape index (κ2) is 6.37. The molecule has 1 N–H and O–H groups in total. The van der Waals surface area contributed by atoms with Crippen LogP contribution in [0.25, 0.3) is 11.3 Å². The van der Waals surface area contributed by atoms with Gasteiger partial charge in [-0.15, -0.1) is 0 Å². The van der Waals surface area contributed by atoms with Gasteiger partial charge in [-0.3, -0.25) is 4.79 Å². The van der Waals surface area contributed by atoms with Crippen molar-refractivity contribution in [3.8, 4) is 11.3 Å². The maximum Gasteiger partial charge on any atom is 0.257 e. The number of rotatable bonds is 4. The van der Waals surface area contributed by atoms with E-state index in [9.17, 15) is 4.79 Å². The lowest BCUT2D eigenvalue weighted by atomic mass is 10.1. The fourth-order valence-corrected chi connectivity index (χ4v) is 3.03. The second-order valence-electron chi connectivity index (χ2n) is 6.30. The van der Waals surface area contributed by atoms with Gasteiger partial charge in [0.25, 0.3) is 5.91 Å². The van der Waals surface area contributed by atoms with E-state index in [4.69, 9.17) is 9.47 Å². The monoisotopic (exact) mass is 327 g/mol. The summed E-state index contributed by atoms with van der Waals surface area (Å²) in [6, 6.07) is 10.3. The van der Waals surface area contributed by atoms with Crippen LogP contribution >= 0.6 is 0 Å². The van der Waals surface area contributed by atoms with E-state index in [0.717, 1.165) is 29.9 Å². The molecule has 1 saturated heterocycles. The van der Waals surface area contributed by atoms with E-state index in [0.29, 0.717) is 19.3 Å².